The molecule has 0 atom stereocenters. The Kier molecular flexibility index (Phi) is 8.57. The highest BCUT2D eigenvalue weighted by Crippen LogP contribution is 2.18. The monoisotopic (exact) mass is 528 g/mol. The van der Waals surface area contributed by atoms with E-state index < -0.39 is 0 Å². The normalized spacial score (nSPS) is 11.3. The molecule has 0 spiro atoms. The van der Waals surface area contributed by atoms with Crippen molar-refractivity contribution in [3.05, 3.63) is 63.4 Å². The second-order valence-electron chi connectivity index (χ2n) is 6.42. The third-order valence-corrected chi connectivity index (χ3v) is 5.35. The molecule has 2 aromatic heterocycles. The van der Waals surface area contributed by atoms with Gasteiger partial charge < -0.3 is 15.2 Å². The van der Waals surface area contributed by atoms with Crippen molar-refractivity contribution in [1.29, 1.82) is 0 Å². The number of halogens is 2. The third kappa shape index (κ3) is 5.99. The molecule has 0 aliphatic rings. The summed E-state index contributed by atoms with van der Waals surface area (Å²) in [5, 5.41) is 7.60. The van der Waals surface area contributed by atoms with Gasteiger partial charge in [0.25, 0.3) is 0 Å². The van der Waals surface area contributed by atoms with E-state index in [9.17, 15) is 4.39 Å². The summed E-state index contributed by atoms with van der Waals surface area (Å²) in [7, 11) is 0. The van der Waals surface area contributed by atoms with Gasteiger partial charge in [0.2, 0.25) is 0 Å². The number of aliphatic imine (C=N–C) groups is 1. The molecule has 3 aromatic rings. The number of rotatable bonds is 6. The number of thiazole rings is 1. The molecule has 156 valence electrons. The van der Waals surface area contributed by atoms with Gasteiger partial charge in [-0.25, -0.2) is 19.4 Å². The van der Waals surface area contributed by atoms with E-state index in [0.717, 1.165) is 28.6 Å². The van der Waals surface area contributed by atoms with E-state index in [4.69, 9.17) is 0 Å². The number of aromatic nitrogens is 3. The molecule has 0 fully saturated rings. The molecule has 2 N–H and O–H groups in total. The topological polar surface area (TPSA) is 67.1 Å². The molecular weight excluding hydrogens is 502 g/mol. The molecule has 0 saturated heterocycles. The van der Waals surface area contributed by atoms with Crippen molar-refractivity contribution in [2.24, 2.45) is 4.99 Å². The van der Waals surface area contributed by atoms with Crippen LogP contribution in [-0.2, 0) is 13.1 Å². The molecule has 1 aromatic carbocycles. The van der Waals surface area contributed by atoms with Crippen molar-refractivity contribution in [1.82, 2.24) is 25.2 Å². The van der Waals surface area contributed by atoms with Gasteiger partial charge in [-0.2, -0.15) is 0 Å². The highest BCUT2D eigenvalue weighted by Gasteiger charge is 2.09. The van der Waals surface area contributed by atoms with Gasteiger partial charge in [-0.05, 0) is 45.4 Å². The summed E-state index contributed by atoms with van der Waals surface area (Å²) < 4.78 is 16.3. The number of guanidine groups is 1. The summed E-state index contributed by atoms with van der Waals surface area (Å²) in [6, 6.07) is 5.18. The van der Waals surface area contributed by atoms with E-state index in [1.54, 1.807) is 34.4 Å². The Morgan fingerprint density at radius 2 is 2.03 bits per heavy atom. The summed E-state index contributed by atoms with van der Waals surface area (Å²) >= 11 is 1.68. The Bertz CT molecular complexity index is 981. The minimum Gasteiger partial charge on any atom is -0.357 e. The zero-order chi connectivity index (χ0) is 20.1. The van der Waals surface area contributed by atoms with Gasteiger partial charge in [0, 0.05) is 23.8 Å². The lowest BCUT2D eigenvalue weighted by Gasteiger charge is -2.11. The predicted molar refractivity (Wildman–Crippen MR) is 127 cm³/mol. The third-order valence-electron chi connectivity index (χ3n) is 4.28. The zero-order valence-corrected chi connectivity index (χ0v) is 20.1. The SMILES string of the molecule is CCNC(=NCc1ccc(-n2ccnc2C)c(F)c1)NCc1sc(C)nc1C.I. The van der Waals surface area contributed by atoms with Crippen LogP contribution in [0.15, 0.2) is 35.6 Å². The van der Waals surface area contributed by atoms with Gasteiger partial charge in [0.05, 0.1) is 29.5 Å². The van der Waals surface area contributed by atoms with Crippen LogP contribution in [0, 0.1) is 26.6 Å². The number of hydrogen-bond acceptors (Lipinski definition) is 4. The van der Waals surface area contributed by atoms with Crippen LogP contribution in [0.25, 0.3) is 5.69 Å². The molecule has 3 rings (SSSR count). The van der Waals surface area contributed by atoms with Crippen LogP contribution < -0.4 is 10.6 Å². The number of benzene rings is 1. The largest absolute Gasteiger partial charge is 0.357 e. The number of nitrogens with zero attached hydrogens (tertiary/aromatic N) is 4. The van der Waals surface area contributed by atoms with E-state index in [1.807, 2.05) is 33.8 Å². The first-order chi connectivity index (χ1) is 13.5. The zero-order valence-electron chi connectivity index (χ0n) is 17.0. The summed E-state index contributed by atoms with van der Waals surface area (Å²) in [6.07, 6.45) is 3.41. The quantitative estimate of drug-likeness (QED) is 0.285. The van der Waals surface area contributed by atoms with Gasteiger partial charge in [-0.1, -0.05) is 6.07 Å². The predicted octanol–water partition coefficient (Wildman–Crippen LogP) is 4.27. The highest BCUT2D eigenvalue weighted by atomic mass is 127. The van der Waals surface area contributed by atoms with Crippen molar-refractivity contribution in [3.8, 4) is 5.69 Å². The molecule has 6 nitrogen and oxygen atoms in total. The van der Waals surface area contributed by atoms with Crippen LogP contribution in [0.4, 0.5) is 4.39 Å². The first-order valence-electron chi connectivity index (χ1n) is 9.21. The first-order valence-corrected chi connectivity index (χ1v) is 10.0. The van der Waals surface area contributed by atoms with Crippen LogP contribution in [0.2, 0.25) is 0 Å². The number of nitrogens with one attached hydrogen (secondary N) is 2. The molecule has 0 aliphatic carbocycles. The Morgan fingerprint density at radius 3 is 2.62 bits per heavy atom. The first kappa shape index (κ1) is 23.3. The lowest BCUT2D eigenvalue weighted by atomic mass is 10.2. The fourth-order valence-corrected chi connectivity index (χ4v) is 3.77. The molecule has 0 aliphatic heterocycles. The molecular formula is C20H26FIN6S. The molecule has 0 saturated carbocycles. The summed E-state index contributed by atoms with van der Waals surface area (Å²) in [4.78, 5) is 14.4. The van der Waals surface area contributed by atoms with Crippen molar-refractivity contribution in [2.75, 3.05) is 6.54 Å². The smallest absolute Gasteiger partial charge is 0.191 e. The molecule has 0 radical (unpaired) electrons. The fraction of sp³-hybridized carbons (Fsp3) is 0.350. The van der Waals surface area contributed by atoms with E-state index >= 15 is 0 Å². The van der Waals surface area contributed by atoms with Crippen molar-refractivity contribution in [2.45, 2.75) is 40.8 Å². The van der Waals surface area contributed by atoms with Gasteiger partial charge in [-0.15, -0.1) is 35.3 Å². The summed E-state index contributed by atoms with van der Waals surface area (Å²) in [5.41, 5.74) is 2.34. The van der Waals surface area contributed by atoms with Gasteiger partial charge in [-0.3, -0.25) is 0 Å². The van der Waals surface area contributed by atoms with Gasteiger partial charge in [0.15, 0.2) is 5.96 Å². The number of hydrogen-bond donors (Lipinski definition) is 2. The van der Waals surface area contributed by atoms with Crippen molar-refractivity contribution >= 4 is 41.3 Å². The molecule has 0 bridgehead atoms. The van der Waals surface area contributed by atoms with E-state index in [2.05, 4.69) is 25.6 Å². The number of aryl methyl sites for hydroxylation is 3. The number of imidazole rings is 1. The molecule has 29 heavy (non-hydrogen) atoms. The van der Waals surface area contributed by atoms with E-state index in [0.29, 0.717) is 24.7 Å². The minimum atomic E-state index is -0.289. The van der Waals surface area contributed by atoms with Crippen LogP contribution in [-0.4, -0.2) is 27.0 Å². The van der Waals surface area contributed by atoms with Gasteiger partial charge >= 0.3 is 0 Å². The van der Waals surface area contributed by atoms with Crippen molar-refractivity contribution < 1.29 is 4.39 Å². The maximum atomic E-state index is 14.5. The Balaban J connectivity index is 0.00000300. The maximum Gasteiger partial charge on any atom is 0.191 e. The van der Waals surface area contributed by atoms with Crippen molar-refractivity contribution in [3.63, 3.8) is 0 Å². The summed E-state index contributed by atoms with van der Waals surface area (Å²) in [5.74, 6) is 1.15. The lowest BCUT2D eigenvalue weighted by molar-refractivity contribution is 0.614. The molecule has 9 heteroatoms. The van der Waals surface area contributed by atoms with Crippen LogP contribution in [0.1, 0.15) is 33.9 Å². The lowest BCUT2D eigenvalue weighted by Crippen LogP contribution is -2.36. The molecule has 0 amide bonds. The Labute approximate surface area is 191 Å². The standard InChI is InChI=1S/C20H25FN6S.HI/c1-5-22-20(25-12-19-13(2)26-15(4)28-19)24-11-16-6-7-18(17(21)10-16)27-9-8-23-14(27)3;/h6-10H,5,11-12H2,1-4H3,(H2,22,24,25);1H. The van der Waals surface area contributed by atoms with Gasteiger partial charge in [0.1, 0.15) is 11.6 Å². The maximum absolute atomic E-state index is 14.5. The second-order valence-corrected chi connectivity index (χ2v) is 7.71. The Hall–Kier alpha value is -2.01. The second kappa shape index (κ2) is 10.7. The average molecular weight is 528 g/mol. The minimum absolute atomic E-state index is 0. The molecule has 0 unspecified atom stereocenters. The highest BCUT2D eigenvalue weighted by molar-refractivity contribution is 14.0. The van der Waals surface area contributed by atoms with Crippen LogP contribution >= 0.6 is 35.3 Å². The van der Waals surface area contributed by atoms with E-state index in [1.165, 1.54) is 10.9 Å². The summed E-state index contributed by atoms with van der Waals surface area (Å²) in [6.45, 7) is 9.67. The Morgan fingerprint density at radius 1 is 1.24 bits per heavy atom. The van der Waals surface area contributed by atoms with E-state index in [-0.39, 0.29) is 29.8 Å². The van der Waals surface area contributed by atoms with Crippen LogP contribution in [0.3, 0.4) is 0 Å². The molecule has 2 heterocycles. The average Bonchev–Trinajstić information content (AvgIpc) is 3.22. The van der Waals surface area contributed by atoms with Crippen LogP contribution in [0.5, 0.6) is 0 Å². The fourth-order valence-electron chi connectivity index (χ4n) is 2.89.